The van der Waals surface area contributed by atoms with Gasteiger partial charge in [0.05, 0.1) is 6.04 Å². The number of nitrogens with zero attached hydrogens (tertiary/aromatic N) is 1. The average Bonchev–Trinajstić information content (AvgIpc) is 2.46. The van der Waals surface area contributed by atoms with Gasteiger partial charge in [0.2, 0.25) is 11.8 Å². The minimum Gasteiger partial charge on any atom is -0.340 e. The lowest BCUT2D eigenvalue weighted by Gasteiger charge is -2.49. The number of rotatable bonds is 3. The number of amides is 2. The van der Waals surface area contributed by atoms with Crippen molar-refractivity contribution in [2.75, 3.05) is 0 Å². The van der Waals surface area contributed by atoms with Crippen LogP contribution in [-0.2, 0) is 9.59 Å². The van der Waals surface area contributed by atoms with Gasteiger partial charge in [-0.2, -0.15) is 0 Å². The first kappa shape index (κ1) is 14.9. The Balaban J connectivity index is 2.36. The molecule has 1 aliphatic carbocycles. The van der Waals surface area contributed by atoms with Crippen LogP contribution < -0.4 is 5.32 Å². The van der Waals surface area contributed by atoms with Crippen LogP contribution in [0.5, 0.6) is 0 Å². The fourth-order valence-corrected chi connectivity index (χ4v) is 3.52. The SMILES string of the molecule is C#CC(CC)N1C(=O)C2(CCCCC2)NC(=O)C1CC. The third-order valence-electron chi connectivity index (χ3n) is 4.65. The molecule has 2 fully saturated rings. The zero-order chi connectivity index (χ0) is 14.8. The van der Waals surface area contributed by atoms with Crippen LogP contribution in [0.1, 0.15) is 58.8 Å². The Morgan fingerprint density at radius 3 is 2.50 bits per heavy atom. The number of hydrogen-bond donors (Lipinski definition) is 1. The molecule has 2 rings (SSSR count). The third-order valence-corrected chi connectivity index (χ3v) is 4.65. The van der Waals surface area contributed by atoms with Crippen LogP contribution in [0.2, 0.25) is 0 Å². The summed E-state index contributed by atoms with van der Waals surface area (Å²) < 4.78 is 0. The molecule has 1 saturated carbocycles. The van der Waals surface area contributed by atoms with Crippen LogP contribution in [0, 0.1) is 12.3 Å². The zero-order valence-electron chi connectivity index (χ0n) is 12.4. The monoisotopic (exact) mass is 276 g/mol. The zero-order valence-corrected chi connectivity index (χ0v) is 12.4. The van der Waals surface area contributed by atoms with Crippen molar-refractivity contribution < 1.29 is 9.59 Å². The van der Waals surface area contributed by atoms with Gasteiger partial charge < -0.3 is 10.2 Å². The van der Waals surface area contributed by atoms with Crippen molar-refractivity contribution in [3.63, 3.8) is 0 Å². The van der Waals surface area contributed by atoms with Gasteiger partial charge in [0, 0.05) is 0 Å². The van der Waals surface area contributed by atoms with Crippen LogP contribution in [0.3, 0.4) is 0 Å². The molecule has 1 spiro atoms. The van der Waals surface area contributed by atoms with E-state index in [0.717, 1.165) is 32.1 Å². The van der Waals surface area contributed by atoms with Crippen LogP contribution in [0.15, 0.2) is 0 Å². The van der Waals surface area contributed by atoms with E-state index in [1.807, 2.05) is 13.8 Å². The van der Waals surface area contributed by atoms with Crippen molar-refractivity contribution >= 4 is 11.8 Å². The van der Waals surface area contributed by atoms with E-state index in [9.17, 15) is 9.59 Å². The summed E-state index contributed by atoms with van der Waals surface area (Å²) in [6, 6.07) is -0.701. The summed E-state index contributed by atoms with van der Waals surface area (Å²) in [6.07, 6.45) is 11.5. The van der Waals surface area contributed by atoms with Gasteiger partial charge in [-0.25, -0.2) is 0 Å². The van der Waals surface area contributed by atoms with Crippen LogP contribution in [0.4, 0.5) is 0 Å². The maximum absolute atomic E-state index is 13.0. The summed E-state index contributed by atoms with van der Waals surface area (Å²) in [5.74, 6) is 2.68. The van der Waals surface area contributed by atoms with E-state index in [-0.39, 0.29) is 17.9 Å². The van der Waals surface area contributed by atoms with Gasteiger partial charge >= 0.3 is 0 Å². The van der Waals surface area contributed by atoms with Crippen molar-refractivity contribution in [2.45, 2.75) is 76.4 Å². The lowest BCUT2D eigenvalue weighted by Crippen LogP contribution is -2.72. The first-order chi connectivity index (χ1) is 9.59. The molecule has 4 heteroatoms. The normalized spacial score (nSPS) is 27.1. The highest BCUT2D eigenvalue weighted by Gasteiger charge is 2.51. The van der Waals surface area contributed by atoms with Crippen molar-refractivity contribution in [3.8, 4) is 12.3 Å². The van der Waals surface area contributed by atoms with Gasteiger partial charge in [-0.05, 0) is 25.7 Å². The molecule has 2 aliphatic rings. The molecule has 0 radical (unpaired) electrons. The summed E-state index contributed by atoms with van der Waals surface area (Å²) in [4.78, 5) is 27.1. The third kappa shape index (κ3) is 2.30. The Hall–Kier alpha value is -1.50. The van der Waals surface area contributed by atoms with Crippen molar-refractivity contribution in [2.24, 2.45) is 0 Å². The molecule has 2 unspecified atom stereocenters. The summed E-state index contributed by atoms with van der Waals surface area (Å²) in [5, 5.41) is 3.02. The Kier molecular flexibility index (Phi) is 4.37. The van der Waals surface area contributed by atoms with Gasteiger partial charge in [0.15, 0.2) is 0 Å². The highest BCUT2D eigenvalue weighted by molar-refractivity contribution is 6.00. The second-order valence-corrected chi connectivity index (χ2v) is 5.86. The average molecular weight is 276 g/mol. The molecule has 0 aromatic heterocycles. The topological polar surface area (TPSA) is 49.4 Å². The summed E-state index contributed by atoms with van der Waals surface area (Å²) >= 11 is 0. The molecule has 2 amide bonds. The highest BCUT2D eigenvalue weighted by Crippen LogP contribution is 2.34. The van der Waals surface area contributed by atoms with Crippen molar-refractivity contribution in [1.82, 2.24) is 10.2 Å². The molecule has 110 valence electrons. The molecular formula is C16H24N2O2. The van der Waals surface area contributed by atoms with Crippen LogP contribution >= 0.6 is 0 Å². The quantitative estimate of drug-likeness (QED) is 0.800. The molecular weight excluding hydrogens is 252 g/mol. The molecule has 0 aromatic carbocycles. The molecule has 0 bridgehead atoms. The number of nitrogens with one attached hydrogen (secondary N) is 1. The maximum Gasteiger partial charge on any atom is 0.250 e. The predicted molar refractivity (Wildman–Crippen MR) is 77.8 cm³/mol. The molecule has 1 heterocycles. The van der Waals surface area contributed by atoms with Crippen molar-refractivity contribution in [1.29, 1.82) is 0 Å². The molecule has 2 atom stereocenters. The fraction of sp³-hybridized carbons (Fsp3) is 0.750. The first-order valence-corrected chi connectivity index (χ1v) is 7.70. The van der Waals surface area contributed by atoms with E-state index in [0.29, 0.717) is 12.8 Å². The summed E-state index contributed by atoms with van der Waals surface area (Å²) in [7, 11) is 0. The molecule has 1 N–H and O–H groups in total. The summed E-state index contributed by atoms with van der Waals surface area (Å²) in [6.45, 7) is 3.89. The van der Waals surface area contributed by atoms with Gasteiger partial charge in [-0.3, -0.25) is 9.59 Å². The molecule has 1 aliphatic heterocycles. The lowest BCUT2D eigenvalue weighted by molar-refractivity contribution is -0.158. The van der Waals surface area contributed by atoms with E-state index < -0.39 is 11.6 Å². The van der Waals surface area contributed by atoms with Gasteiger partial charge in [-0.15, -0.1) is 6.42 Å². The van der Waals surface area contributed by atoms with E-state index in [2.05, 4.69) is 11.2 Å². The molecule has 1 saturated heterocycles. The Morgan fingerprint density at radius 1 is 1.35 bits per heavy atom. The fourth-order valence-electron chi connectivity index (χ4n) is 3.52. The Morgan fingerprint density at radius 2 is 2.00 bits per heavy atom. The van der Waals surface area contributed by atoms with Crippen molar-refractivity contribution in [3.05, 3.63) is 0 Å². The van der Waals surface area contributed by atoms with E-state index in [1.54, 1.807) is 4.90 Å². The minimum absolute atomic E-state index is 0.0356. The number of terminal acetylenes is 1. The minimum atomic E-state index is -0.689. The van der Waals surface area contributed by atoms with Gasteiger partial charge in [-0.1, -0.05) is 39.0 Å². The summed E-state index contributed by atoms with van der Waals surface area (Å²) in [5.41, 5.74) is -0.689. The number of carbonyl (C=O) groups is 2. The second-order valence-electron chi connectivity index (χ2n) is 5.86. The van der Waals surface area contributed by atoms with Gasteiger partial charge in [0.1, 0.15) is 11.6 Å². The molecule has 0 aromatic rings. The standard InChI is InChI=1S/C16H24N2O2/c1-4-12(5-2)18-13(6-3)14(19)17-16(15(18)20)10-8-7-9-11-16/h1,12-13H,5-11H2,2-3H3,(H,17,19). The molecule has 4 nitrogen and oxygen atoms in total. The highest BCUT2D eigenvalue weighted by atomic mass is 16.2. The van der Waals surface area contributed by atoms with Crippen LogP contribution in [-0.4, -0.2) is 34.3 Å². The molecule has 20 heavy (non-hydrogen) atoms. The number of carbonyl (C=O) groups excluding carboxylic acids is 2. The predicted octanol–water partition coefficient (Wildman–Crippen LogP) is 1.84. The van der Waals surface area contributed by atoms with Crippen LogP contribution in [0.25, 0.3) is 0 Å². The largest absolute Gasteiger partial charge is 0.340 e. The maximum atomic E-state index is 13.0. The van der Waals surface area contributed by atoms with Gasteiger partial charge in [0.25, 0.3) is 0 Å². The second kappa shape index (κ2) is 5.87. The first-order valence-electron chi connectivity index (χ1n) is 7.70. The number of hydrogen-bond acceptors (Lipinski definition) is 2. The number of piperazine rings is 1. The van der Waals surface area contributed by atoms with E-state index in [4.69, 9.17) is 6.42 Å². The Labute approximate surface area is 121 Å². The van der Waals surface area contributed by atoms with E-state index in [1.165, 1.54) is 0 Å². The smallest absolute Gasteiger partial charge is 0.250 e. The van der Waals surface area contributed by atoms with E-state index >= 15 is 0 Å². The lowest BCUT2D eigenvalue weighted by atomic mass is 9.77. The Bertz CT molecular complexity index is 432.